The Morgan fingerprint density at radius 1 is 0.740 bits per heavy atom. The average Bonchev–Trinajstić information content (AvgIpc) is 3.89. The molecule has 3 rings (SSSR count). The number of nitrogens with one attached hydrogen (secondary N) is 5. The Kier molecular flexibility index (Phi) is 15.2. The van der Waals surface area contributed by atoms with Crippen molar-refractivity contribution in [1.82, 2.24) is 26.8 Å². The Morgan fingerprint density at radius 3 is 1.94 bits per heavy atom. The van der Waals surface area contributed by atoms with E-state index >= 15 is 0 Å². The van der Waals surface area contributed by atoms with Gasteiger partial charge in [-0.15, -0.1) is 0 Å². The van der Waals surface area contributed by atoms with E-state index in [4.69, 9.17) is 19.9 Å². The number of rotatable bonds is 18. The summed E-state index contributed by atoms with van der Waals surface area (Å²) in [4.78, 5) is 88.8. The quantitative estimate of drug-likeness (QED) is 0.0707. The molecule has 0 spiro atoms. The molecule has 0 radical (unpaired) electrons. The molecule has 270 valence electrons. The lowest BCUT2D eigenvalue weighted by Gasteiger charge is -2.26. The minimum atomic E-state index is -1.39. The highest BCUT2D eigenvalue weighted by molar-refractivity contribution is 5.96. The monoisotopic (exact) mass is 696 g/mol. The predicted octanol–water partition coefficient (Wildman–Crippen LogP) is 0.283. The molecule has 16 nitrogen and oxygen atoms in total. The number of benzene rings is 2. The van der Waals surface area contributed by atoms with E-state index in [0.29, 0.717) is 5.56 Å². The van der Waals surface area contributed by atoms with Gasteiger partial charge in [-0.1, -0.05) is 74.5 Å². The summed E-state index contributed by atoms with van der Waals surface area (Å²) in [6.45, 7) is 5.39. The van der Waals surface area contributed by atoms with E-state index in [1.165, 1.54) is 0 Å². The Labute approximate surface area is 289 Å². The number of epoxide rings is 1. The van der Waals surface area contributed by atoms with Crippen molar-refractivity contribution < 1.29 is 47.8 Å². The van der Waals surface area contributed by atoms with E-state index in [9.17, 15) is 33.6 Å². The van der Waals surface area contributed by atoms with Crippen molar-refractivity contribution in [3.8, 4) is 0 Å². The molecule has 50 heavy (non-hydrogen) atoms. The lowest BCUT2D eigenvalue weighted by Crippen LogP contribution is -2.59. The molecule has 16 heteroatoms. The maximum atomic E-state index is 13.7. The molecule has 0 bridgehead atoms. The third-order valence-electron chi connectivity index (χ3n) is 7.33. The Morgan fingerprint density at radius 2 is 1.34 bits per heavy atom. The van der Waals surface area contributed by atoms with Crippen LogP contribution in [0.1, 0.15) is 51.2 Å². The van der Waals surface area contributed by atoms with Gasteiger partial charge in [0.1, 0.15) is 24.7 Å². The summed E-state index contributed by atoms with van der Waals surface area (Å²) in [6.07, 6.45) is -3.44. The van der Waals surface area contributed by atoms with Gasteiger partial charge in [-0.05, 0) is 36.8 Å². The lowest BCUT2D eigenvalue weighted by atomic mass is 10.0. The summed E-state index contributed by atoms with van der Waals surface area (Å²) in [6, 6.07) is 14.1. The first-order valence-corrected chi connectivity index (χ1v) is 16.2. The van der Waals surface area contributed by atoms with Crippen molar-refractivity contribution in [2.24, 2.45) is 11.7 Å². The second-order valence-electron chi connectivity index (χ2n) is 11.9. The summed E-state index contributed by atoms with van der Waals surface area (Å²) in [5, 5.41) is 7.79. The summed E-state index contributed by atoms with van der Waals surface area (Å²) in [7, 11) is 0. The molecule has 1 aliphatic heterocycles. The minimum absolute atomic E-state index is 0.000423. The molecule has 6 amide bonds. The maximum Gasteiger partial charge on any atom is 0.408 e. The molecule has 1 heterocycles. The van der Waals surface area contributed by atoms with Gasteiger partial charge in [-0.2, -0.15) is 0 Å². The number of carbonyl (C=O) groups excluding carboxylic acids is 7. The Hall–Kier alpha value is -5.51. The molecule has 1 fully saturated rings. The van der Waals surface area contributed by atoms with Crippen LogP contribution in [-0.2, 0) is 56.0 Å². The van der Waals surface area contributed by atoms with Gasteiger partial charge in [0.2, 0.25) is 17.7 Å². The van der Waals surface area contributed by atoms with Crippen molar-refractivity contribution in [3.63, 3.8) is 0 Å². The molecule has 0 saturated carbocycles. The van der Waals surface area contributed by atoms with E-state index in [1.807, 2.05) is 19.9 Å². The fraction of sp³-hybridized carbons (Fsp3) is 0.441. The van der Waals surface area contributed by atoms with Gasteiger partial charge in [-0.3, -0.25) is 34.8 Å². The number of primary amides is 1. The van der Waals surface area contributed by atoms with Gasteiger partial charge in [0, 0.05) is 12.8 Å². The van der Waals surface area contributed by atoms with Crippen LogP contribution in [0.15, 0.2) is 60.7 Å². The number of amides is 6. The van der Waals surface area contributed by atoms with Crippen molar-refractivity contribution in [1.29, 1.82) is 0 Å². The Balaban J connectivity index is 1.71. The van der Waals surface area contributed by atoms with Crippen LogP contribution >= 0.6 is 0 Å². The molecule has 2 aromatic rings. The predicted molar refractivity (Wildman–Crippen MR) is 177 cm³/mol. The van der Waals surface area contributed by atoms with Crippen LogP contribution in [0.4, 0.5) is 4.79 Å². The largest absolute Gasteiger partial charge is 0.464 e. The van der Waals surface area contributed by atoms with Crippen molar-refractivity contribution in [3.05, 3.63) is 71.8 Å². The first-order valence-electron chi connectivity index (χ1n) is 16.2. The molecule has 1 saturated heterocycles. The summed E-state index contributed by atoms with van der Waals surface area (Å²) in [5.41, 5.74) is 11.0. The molecule has 1 aliphatic rings. The van der Waals surface area contributed by atoms with Crippen LogP contribution in [0, 0.1) is 5.92 Å². The Bertz CT molecular complexity index is 1490. The highest BCUT2D eigenvalue weighted by atomic mass is 16.6. The number of hydrogen-bond acceptors (Lipinski definition) is 10. The number of alkyl carbamates (subject to hydrolysis) is 1. The fourth-order valence-corrected chi connectivity index (χ4v) is 4.77. The normalized spacial score (nSPS) is 16.5. The van der Waals surface area contributed by atoms with Gasteiger partial charge < -0.3 is 35.9 Å². The molecule has 2 aromatic carbocycles. The highest BCUT2D eigenvalue weighted by Gasteiger charge is 2.51. The second-order valence-corrected chi connectivity index (χ2v) is 11.9. The number of hydrogen-bond donors (Lipinski definition) is 6. The van der Waals surface area contributed by atoms with Crippen molar-refractivity contribution >= 4 is 41.6 Å². The zero-order valence-electron chi connectivity index (χ0n) is 28.1. The van der Waals surface area contributed by atoms with E-state index < -0.39 is 71.9 Å². The molecule has 0 aromatic heterocycles. The van der Waals surface area contributed by atoms with Crippen molar-refractivity contribution in [2.45, 2.75) is 83.4 Å². The van der Waals surface area contributed by atoms with Crippen LogP contribution in [0.2, 0.25) is 0 Å². The summed E-state index contributed by atoms with van der Waals surface area (Å²) in [5.74, 6) is -4.72. The van der Waals surface area contributed by atoms with Crippen LogP contribution in [-0.4, -0.2) is 78.5 Å². The first-order chi connectivity index (χ1) is 23.9. The van der Waals surface area contributed by atoms with Gasteiger partial charge >= 0.3 is 12.1 Å². The first kappa shape index (κ1) is 38.9. The molecule has 5 atom stereocenters. The number of carbonyl (C=O) groups is 7. The SMILES string of the molecule is CCOC(=O)C1OC1C(=O)NNC(=O)[C@H](CCC(N)=O)NC(=O)[C@H](Cc1ccccc1)NC(=O)[C@H](CC(C)C)NC(=O)OCc1ccccc1. The highest BCUT2D eigenvalue weighted by Crippen LogP contribution is 2.23. The smallest absolute Gasteiger partial charge is 0.408 e. The van der Waals surface area contributed by atoms with E-state index in [1.54, 1.807) is 61.5 Å². The fourth-order valence-electron chi connectivity index (χ4n) is 4.77. The number of esters is 1. The molecule has 0 aliphatic carbocycles. The van der Waals surface area contributed by atoms with Gasteiger partial charge in [0.15, 0.2) is 12.2 Å². The number of hydrazine groups is 1. The summed E-state index contributed by atoms with van der Waals surface area (Å²) >= 11 is 0. The standard InChI is InChI=1S/C34H44N6O10/c1-4-48-33(46)28-27(50-28)32(45)40-39-31(44)23(15-16-26(35)41)36-30(43)25(18-21-11-7-5-8-12-21)37-29(42)24(17-20(2)3)38-34(47)49-19-22-13-9-6-10-14-22/h5-14,20,23-25,27-28H,4,15-19H2,1-3H3,(H2,35,41)(H,36,43)(H,37,42)(H,38,47)(H,39,44)(H,40,45)/t23-,24-,25-,27?,28?/m0/s1. The van der Waals surface area contributed by atoms with Gasteiger partial charge in [0.05, 0.1) is 6.61 Å². The van der Waals surface area contributed by atoms with E-state index in [-0.39, 0.29) is 44.8 Å². The van der Waals surface area contributed by atoms with E-state index in [0.717, 1.165) is 5.56 Å². The third-order valence-corrected chi connectivity index (χ3v) is 7.33. The zero-order valence-corrected chi connectivity index (χ0v) is 28.1. The molecular formula is C34H44N6O10. The zero-order chi connectivity index (χ0) is 36.6. The topological polar surface area (TPSA) is 237 Å². The maximum absolute atomic E-state index is 13.7. The van der Waals surface area contributed by atoms with E-state index in [2.05, 4.69) is 26.8 Å². The van der Waals surface area contributed by atoms with Crippen LogP contribution in [0.3, 0.4) is 0 Å². The average molecular weight is 697 g/mol. The number of ether oxygens (including phenoxy) is 3. The summed E-state index contributed by atoms with van der Waals surface area (Å²) < 4.78 is 15.1. The molecular weight excluding hydrogens is 652 g/mol. The van der Waals surface area contributed by atoms with Crippen LogP contribution in [0.25, 0.3) is 0 Å². The minimum Gasteiger partial charge on any atom is -0.464 e. The molecule has 7 N–H and O–H groups in total. The van der Waals surface area contributed by atoms with Crippen molar-refractivity contribution in [2.75, 3.05) is 6.61 Å². The van der Waals surface area contributed by atoms with Gasteiger partial charge in [0.25, 0.3) is 11.8 Å². The van der Waals surface area contributed by atoms with Crippen LogP contribution < -0.4 is 32.5 Å². The van der Waals surface area contributed by atoms with Crippen LogP contribution in [0.5, 0.6) is 0 Å². The second kappa shape index (κ2) is 19.5. The lowest BCUT2D eigenvalue weighted by molar-refractivity contribution is -0.144. The number of nitrogens with two attached hydrogens (primary N) is 1. The molecule has 2 unspecified atom stereocenters. The van der Waals surface area contributed by atoms with Gasteiger partial charge in [-0.25, -0.2) is 9.59 Å². The third kappa shape index (κ3) is 13.2.